The number of hydrogen-bond acceptors (Lipinski definition) is 2. The molecule has 1 aliphatic rings. The molecule has 1 atom stereocenters. The molecule has 0 aromatic carbocycles. The number of alkyl halides is 3. The Hall–Kier alpha value is -1.27. The van der Waals surface area contributed by atoms with Crippen LogP contribution in [0.25, 0.3) is 0 Å². The monoisotopic (exact) mass is 252 g/mol. The average Bonchev–Trinajstić information content (AvgIpc) is 2.25. The van der Waals surface area contributed by atoms with E-state index < -0.39 is 18.5 Å². The lowest BCUT2D eigenvalue weighted by atomic mass is 9.98. The third-order valence-corrected chi connectivity index (χ3v) is 2.72. The van der Waals surface area contributed by atoms with Crippen molar-refractivity contribution in [1.82, 2.24) is 10.2 Å². The van der Waals surface area contributed by atoms with Gasteiger partial charge in [0.25, 0.3) is 0 Å². The van der Waals surface area contributed by atoms with Crippen molar-refractivity contribution < 1.29 is 22.8 Å². The van der Waals surface area contributed by atoms with Crippen LogP contribution in [0.5, 0.6) is 0 Å². The molecule has 1 fully saturated rings. The van der Waals surface area contributed by atoms with Gasteiger partial charge in [0.15, 0.2) is 0 Å². The van der Waals surface area contributed by atoms with E-state index in [1.807, 2.05) is 0 Å². The first-order valence-electron chi connectivity index (χ1n) is 5.38. The summed E-state index contributed by atoms with van der Waals surface area (Å²) in [5.74, 6) is -0.854. The summed E-state index contributed by atoms with van der Waals surface area (Å²) in [5.41, 5.74) is 0. The van der Waals surface area contributed by atoms with Crippen LogP contribution in [-0.4, -0.2) is 43.0 Å². The SMILES string of the molecule is CN(CCC(F)(F)F)C(=O)C1CCC(=O)NC1. The second-order valence-electron chi connectivity index (χ2n) is 4.16. The van der Waals surface area contributed by atoms with Crippen molar-refractivity contribution in [2.75, 3.05) is 20.1 Å². The van der Waals surface area contributed by atoms with Crippen LogP contribution in [0.1, 0.15) is 19.3 Å². The zero-order chi connectivity index (χ0) is 13.1. The average molecular weight is 252 g/mol. The van der Waals surface area contributed by atoms with Crippen LogP contribution in [0.3, 0.4) is 0 Å². The first-order chi connectivity index (χ1) is 7.79. The normalized spacial score (nSPS) is 20.9. The summed E-state index contributed by atoms with van der Waals surface area (Å²) >= 11 is 0. The first kappa shape index (κ1) is 13.8. The van der Waals surface area contributed by atoms with Gasteiger partial charge in [0, 0.05) is 26.6 Å². The van der Waals surface area contributed by atoms with Crippen LogP contribution >= 0.6 is 0 Å². The number of nitrogens with one attached hydrogen (secondary N) is 1. The second kappa shape index (κ2) is 5.37. The molecular weight excluding hydrogens is 237 g/mol. The van der Waals surface area contributed by atoms with Crippen molar-refractivity contribution in [3.8, 4) is 0 Å². The minimum absolute atomic E-state index is 0.119. The zero-order valence-electron chi connectivity index (χ0n) is 9.51. The highest BCUT2D eigenvalue weighted by Gasteiger charge is 2.31. The maximum atomic E-state index is 12.0. The number of amides is 2. The Labute approximate surface area is 97.1 Å². The van der Waals surface area contributed by atoms with Crippen LogP contribution in [-0.2, 0) is 9.59 Å². The van der Waals surface area contributed by atoms with E-state index in [0.29, 0.717) is 6.42 Å². The quantitative estimate of drug-likeness (QED) is 0.812. The Kier molecular flexibility index (Phi) is 4.36. The molecule has 98 valence electrons. The predicted molar refractivity (Wildman–Crippen MR) is 54.0 cm³/mol. The van der Waals surface area contributed by atoms with Gasteiger partial charge in [-0.1, -0.05) is 0 Å². The van der Waals surface area contributed by atoms with Gasteiger partial charge < -0.3 is 10.2 Å². The summed E-state index contributed by atoms with van der Waals surface area (Å²) < 4.78 is 35.9. The van der Waals surface area contributed by atoms with E-state index in [4.69, 9.17) is 0 Å². The Morgan fingerprint density at radius 1 is 1.53 bits per heavy atom. The van der Waals surface area contributed by atoms with Crippen LogP contribution in [0, 0.1) is 5.92 Å². The molecule has 0 aliphatic carbocycles. The summed E-state index contributed by atoms with van der Waals surface area (Å²) in [4.78, 5) is 23.7. The molecular formula is C10H15F3N2O2. The third kappa shape index (κ3) is 4.62. The summed E-state index contributed by atoms with van der Waals surface area (Å²) in [6.07, 6.45) is -4.60. The molecule has 1 heterocycles. The van der Waals surface area contributed by atoms with Crippen molar-refractivity contribution in [2.24, 2.45) is 5.92 Å². The summed E-state index contributed by atoms with van der Waals surface area (Å²) in [7, 11) is 1.35. The molecule has 0 aromatic rings. The zero-order valence-corrected chi connectivity index (χ0v) is 9.51. The topological polar surface area (TPSA) is 49.4 Å². The molecule has 1 saturated heterocycles. The number of rotatable bonds is 3. The van der Waals surface area contributed by atoms with E-state index >= 15 is 0 Å². The Morgan fingerprint density at radius 3 is 2.65 bits per heavy atom. The summed E-state index contributed by atoms with van der Waals surface area (Å²) in [5, 5.41) is 2.53. The van der Waals surface area contributed by atoms with Gasteiger partial charge in [0.1, 0.15) is 0 Å². The van der Waals surface area contributed by atoms with Gasteiger partial charge in [0.05, 0.1) is 12.3 Å². The summed E-state index contributed by atoms with van der Waals surface area (Å²) in [6, 6.07) is 0. The second-order valence-corrected chi connectivity index (χ2v) is 4.16. The highest BCUT2D eigenvalue weighted by molar-refractivity contribution is 5.83. The van der Waals surface area contributed by atoms with Gasteiger partial charge in [-0.15, -0.1) is 0 Å². The lowest BCUT2D eigenvalue weighted by Crippen LogP contribution is -2.44. The Balaban J connectivity index is 2.38. The molecule has 1 unspecified atom stereocenters. The van der Waals surface area contributed by atoms with E-state index in [9.17, 15) is 22.8 Å². The number of carbonyl (C=O) groups excluding carboxylic acids is 2. The number of halogens is 3. The highest BCUT2D eigenvalue weighted by Crippen LogP contribution is 2.20. The minimum Gasteiger partial charge on any atom is -0.355 e. The highest BCUT2D eigenvalue weighted by atomic mass is 19.4. The molecule has 0 aromatic heterocycles. The third-order valence-electron chi connectivity index (χ3n) is 2.72. The molecule has 1 aliphatic heterocycles. The van der Waals surface area contributed by atoms with Gasteiger partial charge in [-0.2, -0.15) is 13.2 Å². The standard InChI is InChI=1S/C10H15F3N2O2/c1-15(5-4-10(11,12)13)9(17)7-2-3-8(16)14-6-7/h7H,2-6H2,1H3,(H,14,16). The van der Waals surface area contributed by atoms with Crippen LogP contribution < -0.4 is 5.32 Å². The number of nitrogens with zero attached hydrogens (tertiary/aromatic N) is 1. The molecule has 0 bridgehead atoms. The van der Waals surface area contributed by atoms with E-state index in [1.165, 1.54) is 7.05 Å². The van der Waals surface area contributed by atoms with Gasteiger partial charge in [-0.25, -0.2) is 0 Å². The Morgan fingerprint density at radius 2 is 2.18 bits per heavy atom. The van der Waals surface area contributed by atoms with E-state index in [0.717, 1.165) is 4.90 Å². The van der Waals surface area contributed by atoms with E-state index in [2.05, 4.69) is 5.32 Å². The molecule has 17 heavy (non-hydrogen) atoms. The van der Waals surface area contributed by atoms with Crippen molar-refractivity contribution in [3.63, 3.8) is 0 Å². The predicted octanol–water partition coefficient (Wildman–Crippen LogP) is 0.923. The molecule has 7 heteroatoms. The molecule has 4 nitrogen and oxygen atoms in total. The van der Waals surface area contributed by atoms with Crippen molar-refractivity contribution >= 4 is 11.8 Å². The molecule has 0 radical (unpaired) electrons. The fourth-order valence-electron chi connectivity index (χ4n) is 1.66. The van der Waals surface area contributed by atoms with E-state index in [1.54, 1.807) is 0 Å². The van der Waals surface area contributed by atoms with Crippen LogP contribution in [0.2, 0.25) is 0 Å². The van der Waals surface area contributed by atoms with Gasteiger partial charge in [-0.3, -0.25) is 9.59 Å². The van der Waals surface area contributed by atoms with Crippen molar-refractivity contribution in [1.29, 1.82) is 0 Å². The van der Waals surface area contributed by atoms with Crippen molar-refractivity contribution in [3.05, 3.63) is 0 Å². The van der Waals surface area contributed by atoms with Crippen LogP contribution in [0.15, 0.2) is 0 Å². The number of hydrogen-bond donors (Lipinski definition) is 1. The molecule has 0 spiro atoms. The van der Waals surface area contributed by atoms with Gasteiger partial charge in [-0.05, 0) is 6.42 Å². The minimum atomic E-state index is -4.25. The molecule has 0 saturated carbocycles. The maximum Gasteiger partial charge on any atom is 0.390 e. The van der Waals surface area contributed by atoms with E-state index in [-0.39, 0.29) is 31.3 Å². The fraction of sp³-hybridized carbons (Fsp3) is 0.800. The largest absolute Gasteiger partial charge is 0.390 e. The molecule has 1 N–H and O–H groups in total. The number of piperidine rings is 1. The fourth-order valence-corrected chi connectivity index (χ4v) is 1.66. The van der Waals surface area contributed by atoms with Crippen molar-refractivity contribution in [2.45, 2.75) is 25.4 Å². The maximum absolute atomic E-state index is 12.0. The van der Waals surface area contributed by atoms with Gasteiger partial charge >= 0.3 is 6.18 Å². The van der Waals surface area contributed by atoms with Gasteiger partial charge in [0.2, 0.25) is 11.8 Å². The lowest BCUT2D eigenvalue weighted by molar-refractivity contribution is -0.146. The molecule has 2 amide bonds. The Bertz CT molecular complexity index is 294. The summed E-state index contributed by atoms with van der Waals surface area (Å²) in [6.45, 7) is -0.124. The smallest absolute Gasteiger partial charge is 0.355 e. The lowest BCUT2D eigenvalue weighted by Gasteiger charge is -2.26. The number of carbonyl (C=O) groups is 2. The molecule has 1 rings (SSSR count). The first-order valence-corrected chi connectivity index (χ1v) is 5.38. The van der Waals surface area contributed by atoms with Crippen LogP contribution in [0.4, 0.5) is 13.2 Å².